The van der Waals surface area contributed by atoms with Gasteiger partial charge in [0.1, 0.15) is 5.76 Å². The van der Waals surface area contributed by atoms with Gasteiger partial charge in [0.25, 0.3) is 5.91 Å². The number of benzene rings is 1. The van der Waals surface area contributed by atoms with Crippen LogP contribution in [-0.4, -0.2) is 13.0 Å². The van der Waals surface area contributed by atoms with E-state index in [1.54, 1.807) is 18.4 Å². The minimum Gasteiger partial charge on any atom is -0.494 e. The Morgan fingerprint density at radius 1 is 1.35 bits per heavy atom. The second kappa shape index (κ2) is 6.20. The highest BCUT2D eigenvalue weighted by molar-refractivity contribution is 6.37. The lowest BCUT2D eigenvalue weighted by Gasteiger charge is -2.13. The minimum absolute atomic E-state index is 0.253. The molecule has 0 spiro atoms. The molecular formula is C14H13Cl2NO3. The lowest BCUT2D eigenvalue weighted by molar-refractivity contribution is 0.0935. The van der Waals surface area contributed by atoms with E-state index in [9.17, 15) is 4.79 Å². The number of amides is 1. The summed E-state index contributed by atoms with van der Waals surface area (Å²) in [6.45, 7) is 1.82. The van der Waals surface area contributed by atoms with E-state index in [4.69, 9.17) is 32.4 Å². The summed E-state index contributed by atoms with van der Waals surface area (Å²) in [6, 6.07) is 6.32. The predicted octanol–water partition coefficient (Wildman–Crippen LogP) is 4.09. The third-order valence-corrected chi connectivity index (χ3v) is 3.34. The maximum atomic E-state index is 12.1. The highest BCUT2D eigenvalue weighted by Gasteiger charge is 2.16. The highest BCUT2D eigenvalue weighted by Crippen LogP contribution is 2.33. The van der Waals surface area contributed by atoms with Gasteiger partial charge in [0.2, 0.25) is 0 Å². The van der Waals surface area contributed by atoms with Crippen LogP contribution in [-0.2, 0) is 0 Å². The normalized spacial score (nSPS) is 12.0. The molecule has 0 bridgehead atoms. The van der Waals surface area contributed by atoms with Gasteiger partial charge in [-0.25, -0.2) is 0 Å². The molecule has 1 aromatic heterocycles. The van der Waals surface area contributed by atoms with Gasteiger partial charge in [0.05, 0.1) is 29.5 Å². The molecular weight excluding hydrogens is 301 g/mol. The minimum atomic E-state index is -0.291. The summed E-state index contributed by atoms with van der Waals surface area (Å²) in [5.41, 5.74) is 0.360. The average Bonchev–Trinajstić information content (AvgIpc) is 2.92. The average molecular weight is 314 g/mol. The Labute approximate surface area is 126 Å². The molecule has 0 unspecified atom stereocenters. The van der Waals surface area contributed by atoms with Crippen molar-refractivity contribution >= 4 is 29.1 Å². The molecule has 1 N–H and O–H groups in total. The predicted molar refractivity (Wildman–Crippen MR) is 77.6 cm³/mol. The van der Waals surface area contributed by atoms with E-state index in [1.807, 2.05) is 6.92 Å². The maximum absolute atomic E-state index is 12.1. The summed E-state index contributed by atoms with van der Waals surface area (Å²) in [4.78, 5) is 12.1. The molecule has 0 aliphatic carbocycles. The van der Waals surface area contributed by atoms with Crippen LogP contribution in [0.15, 0.2) is 34.9 Å². The Kier molecular flexibility index (Phi) is 4.57. The number of rotatable bonds is 4. The summed E-state index contributed by atoms with van der Waals surface area (Å²) in [7, 11) is 1.46. The topological polar surface area (TPSA) is 51.5 Å². The third kappa shape index (κ3) is 3.08. The monoisotopic (exact) mass is 313 g/mol. The molecule has 4 nitrogen and oxygen atoms in total. The largest absolute Gasteiger partial charge is 0.494 e. The van der Waals surface area contributed by atoms with Gasteiger partial charge in [-0.2, -0.15) is 0 Å². The van der Waals surface area contributed by atoms with Crippen LogP contribution >= 0.6 is 23.2 Å². The van der Waals surface area contributed by atoms with E-state index in [0.29, 0.717) is 17.1 Å². The molecule has 0 saturated heterocycles. The fourth-order valence-electron chi connectivity index (χ4n) is 1.77. The van der Waals surface area contributed by atoms with Gasteiger partial charge in [-0.3, -0.25) is 4.79 Å². The Morgan fingerprint density at radius 2 is 2.00 bits per heavy atom. The van der Waals surface area contributed by atoms with Gasteiger partial charge in [0, 0.05) is 5.56 Å². The number of nitrogens with one attached hydrogen (secondary N) is 1. The molecule has 0 saturated carbocycles. The van der Waals surface area contributed by atoms with E-state index < -0.39 is 0 Å². The van der Waals surface area contributed by atoms with Crippen molar-refractivity contribution in [3.63, 3.8) is 0 Å². The SMILES string of the molecule is COc1c(Cl)cc(C(=O)N[C@H](C)c2ccco2)cc1Cl. The first-order chi connectivity index (χ1) is 9.52. The molecule has 6 heteroatoms. The van der Waals surface area contributed by atoms with Gasteiger partial charge in [-0.15, -0.1) is 0 Å². The zero-order chi connectivity index (χ0) is 14.7. The van der Waals surface area contributed by atoms with Crippen molar-refractivity contribution in [2.45, 2.75) is 13.0 Å². The fourth-order valence-corrected chi connectivity index (χ4v) is 2.42. The van der Waals surface area contributed by atoms with Crippen LogP contribution in [0.5, 0.6) is 5.75 Å². The number of furan rings is 1. The van der Waals surface area contributed by atoms with Crippen molar-refractivity contribution in [1.82, 2.24) is 5.32 Å². The number of hydrogen-bond acceptors (Lipinski definition) is 3. The number of hydrogen-bond donors (Lipinski definition) is 1. The summed E-state index contributed by atoms with van der Waals surface area (Å²) < 4.78 is 10.3. The van der Waals surface area contributed by atoms with E-state index in [1.165, 1.54) is 19.2 Å². The maximum Gasteiger partial charge on any atom is 0.251 e. The van der Waals surface area contributed by atoms with Crippen LogP contribution in [0.2, 0.25) is 10.0 Å². The lowest BCUT2D eigenvalue weighted by Crippen LogP contribution is -2.26. The molecule has 106 valence electrons. The number of methoxy groups -OCH3 is 1. The Hall–Kier alpha value is -1.65. The van der Waals surface area contributed by atoms with Crippen LogP contribution in [0.4, 0.5) is 0 Å². The number of carbonyl (C=O) groups is 1. The van der Waals surface area contributed by atoms with Gasteiger partial charge in [-0.05, 0) is 31.2 Å². The van der Waals surface area contributed by atoms with Gasteiger partial charge < -0.3 is 14.5 Å². The highest BCUT2D eigenvalue weighted by atomic mass is 35.5. The van der Waals surface area contributed by atoms with Gasteiger partial charge >= 0.3 is 0 Å². The number of halogens is 2. The van der Waals surface area contributed by atoms with Crippen LogP contribution < -0.4 is 10.1 Å². The molecule has 2 aromatic rings. The van der Waals surface area contributed by atoms with Crippen LogP contribution in [0.3, 0.4) is 0 Å². The molecule has 1 atom stereocenters. The van der Waals surface area contributed by atoms with Crippen molar-refractivity contribution in [2.75, 3.05) is 7.11 Å². The van der Waals surface area contributed by atoms with Crippen LogP contribution in [0.1, 0.15) is 29.1 Å². The Morgan fingerprint density at radius 3 is 2.50 bits per heavy atom. The van der Waals surface area contributed by atoms with E-state index in [-0.39, 0.29) is 22.0 Å². The van der Waals surface area contributed by atoms with Gasteiger partial charge in [0.15, 0.2) is 5.75 Å². The summed E-state index contributed by atoms with van der Waals surface area (Å²) in [5, 5.41) is 3.38. The molecule has 0 aliphatic rings. The number of ether oxygens (including phenoxy) is 1. The zero-order valence-electron chi connectivity index (χ0n) is 10.9. The Balaban J connectivity index is 2.17. The van der Waals surface area contributed by atoms with Crippen LogP contribution in [0, 0.1) is 0 Å². The molecule has 0 aliphatic heterocycles. The first kappa shape index (κ1) is 14.8. The summed E-state index contributed by atoms with van der Waals surface area (Å²) in [6.07, 6.45) is 1.55. The second-order valence-corrected chi connectivity index (χ2v) is 5.00. The lowest BCUT2D eigenvalue weighted by atomic mass is 10.1. The molecule has 0 radical (unpaired) electrons. The Bertz CT molecular complexity index is 588. The van der Waals surface area contributed by atoms with E-state index in [0.717, 1.165) is 0 Å². The van der Waals surface area contributed by atoms with E-state index in [2.05, 4.69) is 5.32 Å². The molecule has 0 fully saturated rings. The summed E-state index contributed by atoms with van der Waals surface area (Å²) in [5.74, 6) is 0.730. The van der Waals surface area contributed by atoms with Crippen molar-refractivity contribution in [1.29, 1.82) is 0 Å². The molecule has 1 heterocycles. The zero-order valence-corrected chi connectivity index (χ0v) is 12.5. The standard InChI is InChI=1S/C14H13Cl2NO3/c1-8(12-4-3-5-20-12)17-14(18)9-6-10(15)13(19-2)11(16)7-9/h3-8H,1-2H3,(H,17,18)/t8-/m1/s1. The summed E-state index contributed by atoms with van der Waals surface area (Å²) >= 11 is 12.0. The van der Waals surface area contributed by atoms with Crippen molar-refractivity contribution in [3.05, 3.63) is 51.9 Å². The number of carbonyl (C=O) groups excluding carboxylic acids is 1. The third-order valence-electron chi connectivity index (χ3n) is 2.78. The van der Waals surface area contributed by atoms with E-state index >= 15 is 0 Å². The first-order valence-electron chi connectivity index (χ1n) is 5.90. The second-order valence-electron chi connectivity index (χ2n) is 4.18. The van der Waals surface area contributed by atoms with Gasteiger partial charge in [-0.1, -0.05) is 23.2 Å². The molecule has 20 heavy (non-hydrogen) atoms. The quantitative estimate of drug-likeness (QED) is 0.925. The first-order valence-corrected chi connectivity index (χ1v) is 6.65. The van der Waals surface area contributed by atoms with Crippen LogP contribution in [0.25, 0.3) is 0 Å². The molecule has 1 aromatic carbocycles. The smallest absolute Gasteiger partial charge is 0.251 e. The van der Waals surface area contributed by atoms with Crippen molar-refractivity contribution < 1.29 is 13.9 Å². The van der Waals surface area contributed by atoms with Crippen molar-refractivity contribution in [2.24, 2.45) is 0 Å². The fraction of sp³-hybridized carbons (Fsp3) is 0.214. The van der Waals surface area contributed by atoms with Crippen molar-refractivity contribution in [3.8, 4) is 5.75 Å². The molecule has 1 amide bonds. The molecule has 2 rings (SSSR count).